The largest absolute Gasteiger partial charge is 0.368 e. The van der Waals surface area contributed by atoms with Crippen molar-refractivity contribution >= 4 is 5.95 Å². The molecular formula is C15H24N6. The molecule has 6 nitrogen and oxygen atoms in total. The second-order valence-corrected chi connectivity index (χ2v) is 5.53. The molecule has 2 aliphatic rings. The average Bonchev–Trinajstić information content (AvgIpc) is 2.49. The van der Waals surface area contributed by atoms with Gasteiger partial charge in [0.05, 0.1) is 6.04 Å². The molecule has 1 aromatic heterocycles. The van der Waals surface area contributed by atoms with Gasteiger partial charge in [-0.15, -0.1) is 0 Å². The molecule has 5 N–H and O–H groups in total. The van der Waals surface area contributed by atoms with Crippen molar-refractivity contribution in [2.45, 2.75) is 24.9 Å². The minimum absolute atomic E-state index is 0. The van der Waals surface area contributed by atoms with Gasteiger partial charge in [-0.05, 0) is 39.1 Å². The van der Waals surface area contributed by atoms with E-state index < -0.39 is 0 Å². The summed E-state index contributed by atoms with van der Waals surface area (Å²) in [7, 11) is 2.19. The summed E-state index contributed by atoms with van der Waals surface area (Å²) < 4.78 is 0. The van der Waals surface area contributed by atoms with E-state index in [1.54, 1.807) is 0 Å². The first-order valence-corrected chi connectivity index (χ1v) is 7.12. The van der Waals surface area contributed by atoms with E-state index >= 15 is 0 Å². The summed E-state index contributed by atoms with van der Waals surface area (Å²) in [5, 5.41) is 0. The van der Waals surface area contributed by atoms with E-state index in [1.165, 1.54) is 12.8 Å². The molecule has 0 aromatic carbocycles. The smallest absolute Gasteiger partial charge is 0.219 e. The van der Waals surface area contributed by atoms with E-state index in [0.29, 0.717) is 12.0 Å². The van der Waals surface area contributed by atoms with Crippen LogP contribution >= 0.6 is 0 Å². The molecule has 0 aliphatic carbocycles. The van der Waals surface area contributed by atoms with E-state index in [1.807, 2.05) is 12.4 Å². The summed E-state index contributed by atoms with van der Waals surface area (Å²) >= 11 is 0. The molecule has 6 heteroatoms. The number of nitrogens with two attached hydrogens (primary N) is 1. The third-order valence-electron chi connectivity index (χ3n) is 4.13. The molecule has 0 radical (unpaired) electrons. The molecule has 0 spiro atoms. The molecule has 0 saturated carbocycles. The second kappa shape index (κ2) is 6.69. The standard InChI is InChI=1S/C15H21N5.H3N/c1-19-8-5-13(6-9-19)20-7-3-2-4-14(20)12-10-17-15(16)18-11-12;/h2-4,7,10-11,13-14H,5-6,8-9H2,1H3,(H2,16,17,18);1H3. The van der Waals surface area contributed by atoms with Crippen molar-refractivity contribution in [1.29, 1.82) is 0 Å². The van der Waals surface area contributed by atoms with Gasteiger partial charge in [0, 0.05) is 30.2 Å². The van der Waals surface area contributed by atoms with Crippen LogP contribution in [0.2, 0.25) is 0 Å². The van der Waals surface area contributed by atoms with Gasteiger partial charge in [-0.3, -0.25) is 0 Å². The maximum Gasteiger partial charge on any atom is 0.219 e. The third kappa shape index (κ3) is 3.40. The fourth-order valence-electron chi connectivity index (χ4n) is 2.94. The molecule has 1 unspecified atom stereocenters. The van der Waals surface area contributed by atoms with Crippen LogP contribution in [0, 0.1) is 0 Å². The Bertz CT molecular complexity index is 501. The summed E-state index contributed by atoms with van der Waals surface area (Å²) in [6.07, 6.45) is 14.6. The van der Waals surface area contributed by atoms with Gasteiger partial charge in [0.15, 0.2) is 0 Å². The lowest BCUT2D eigenvalue weighted by molar-refractivity contribution is 0.140. The number of allylic oxidation sites excluding steroid dienone is 2. The van der Waals surface area contributed by atoms with Crippen LogP contribution in [0.1, 0.15) is 24.4 Å². The van der Waals surface area contributed by atoms with E-state index in [9.17, 15) is 0 Å². The first kappa shape index (κ1) is 15.5. The van der Waals surface area contributed by atoms with Gasteiger partial charge in [0.1, 0.15) is 0 Å². The van der Waals surface area contributed by atoms with Crippen molar-refractivity contribution in [1.82, 2.24) is 25.9 Å². The summed E-state index contributed by atoms with van der Waals surface area (Å²) in [5.74, 6) is 0.329. The van der Waals surface area contributed by atoms with Gasteiger partial charge >= 0.3 is 0 Å². The predicted molar refractivity (Wildman–Crippen MR) is 84.8 cm³/mol. The molecule has 0 amide bonds. The predicted octanol–water partition coefficient (Wildman–Crippen LogP) is 1.74. The normalized spacial score (nSPS) is 23.1. The van der Waals surface area contributed by atoms with Gasteiger partial charge in [-0.1, -0.05) is 12.2 Å². The highest BCUT2D eigenvalue weighted by Crippen LogP contribution is 2.30. The molecular weight excluding hydrogens is 264 g/mol. The lowest BCUT2D eigenvalue weighted by Gasteiger charge is -2.41. The number of nitrogen functional groups attached to an aromatic ring is 1. The number of rotatable bonds is 2. The van der Waals surface area contributed by atoms with Crippen LogP contribution in [0.15, 0.2) is 36.8 Å². The van der Waals surface area contributed by atoms with Crippen LogP contribution in [-0.2, 0) is 0 Å². The molecule has 21 heavy (non-hydrogen) atoms. The van der Waals surface area contributed by atoms with E-state index in [-0.39, 0.29) is 12.2 Å². The molecule has 1 aromatic rings. The van der Waals surface area contributed by atoms with Crippen LogP contribution in [0.5, 0.6) is 0 Å². The Balaban J connectivity index is 0.00000161. The Morgan fingerprint density at radius 3 is 2.48 bits per heavy atom. The number of hydrogen-bond donors (Lipinski definition) is 2. The maximum absolute atomic E-state index is 5.58. The van der Waals surface area contributed by atoms with Crippen LogP contribution in [0.3, 0.4) is 0 Å². The number of anilines is 1. The molecule has 3 rings (SSSR count). The molecule has 114 valence electrons. The molecule has 3 heterocycles. The fraction of sp³-hybridized carbons (Fsp3) is 0.467. The first-order chi connectivity index (χ1) is 9.74. The summed E-state index contributed by atoms with van der Waals surface area (Å²) in [6, 6.07) is 0.795. The highest BCUT2D eigenvalue weighted by molar-refractivity contribution is 5.27. The summed E-state index contributed by atoms with van der Waals surface area (Å²) in [6.45, 7) is 2.31. The summed E-state index contributed by atoms with van der Waals surface area (Å²) in [5.41, 5.74) is 6.67. The Kier molecular flexibility index (Phi) is 4.93. The Labute approximate surface area is 125 Å². The molecule has 2 aliphatic heterocycles. The number of likely N-dealkylation sites (tertiary alicyclic amines) is 1. The minimum atomic E-state index is 0. The van der Waals surface area contributed by atoms with Crippen molar-refractivity contribution < 1.29 is 0 Å². The van der Waals surface area contributed by atoms with Gasteiger partial charge in [0.25, 0.3) is 0 Å². The fourth-order valence-corrected chi connectivity index (χ4v) is 2.94. The highest BCUT2D eigenvalue weighted by atomic mass is 15.2. The first-order valence-electron chi connectivity index (χ1n) is 7.12. The zero-order chi connectivity index (χ0) is 13.9. The molecule has 1 saturated heterocycles. The molecule has 1 fully saturated rings. The van der Waals surface area contributed by atoms with Gasteiger partial charge < -0.3 is 21.7 Å². The van der Waals surface area contributed by atoms with E-state index in [4.69, 9.17) is 5.73 Å². The zero-order valence-electron chi connectivity index (χ0n) is 12.5. The number of aromatic nitrogens is 2. The van der Waals surface area contributed by atoms with Crippen LogP contribution < -0.4 is 11.9 Å². The minimum Gasteiger partial charge on any atom is -0.368 e. The van der Waals surface area contributed by atoms with Gasteiger partial charge in [-0.2, -0.15) is 0 Å². The Morgan fingerprint density at radius 1 is 1.14 bits per heavy atom. The Morgan fingerprint density at radius 2 is 1.81 bits per heavy atom. The van der Waals surface area contributed by atoms with Crippen molar-refractivity contribution in [2.24, 2.45) is 0 Å². The third-order valence-corrected chi connectivity index (χ3v) is 4.13. The van der Waals surface area contributed by atoms with Crippen LogP contribution in [0.25, 0.3) is 0 Å². The Hall–Kier alpha value is -1.92. The van der Waals surface area contributed by atoms with Crippen molar-refractivity contribution in [3.63, 3.8) is 0 Å². The topological polar surface area (TPSA) is 93.3 Å². The number of piperidine rings is 1. The number of hydrogen-bond acceptors (Lipinski definition) is 6. The number of nitrogens with zero attached hydrogens (tertiary/aromatic N) is 4. The lowest BCUT2D eigenvalue weighted by Crippen LogP contribution is -2.43. The van der Waals surface area contributed by atoms with Gasteiger partial charge in [0.2, 0.25) is 5.95 Å². The van der Waals surface area contributed by atoms with Crippen LogP contribution in [-0.4, -0.2) is 45.9 Å². The van der Waals surface area contributed by atoms with Crippen molar-refractivity contribution in [3.8, 4) is 0 Å². The molecule has 1 atom stereocenters. The molecule has 0 bridgehead atoms. The summed E-state index contributed by atoms with van der Waals surface area (Å²) in [4.78, 5) is 13.1. The van der Waals surface area contributed by atoms with Crippen LogP contribution in [0.4, 0.5) is 5.95 Å². The van der Waals surface area contributed by atoms with Gasteiger partial charge in [-0.25, -0.2) is 9.97 Å². The van der Waals surface area contributed by atoms with E-state index in [0.717, 1.165) is 18.7 Å². The lowest BCUT2D eigenvalue weighted by atomic mass is 9.98. The van der Waals surface area contributed by atoms with Crippen molar-refractivity contribution in [3.05, 3.63) is 42.4 Å². The van der Waals surface area contributed by atoms with E-state index in [2.05, 4.69) is 51.2 Å². The highest BCUT2D eigenvalue weighted by Gasteiger charge is 2.27. The monoisotopic (exact) mass is 288 g/mol. The quantitative estimate of drug-likeness (QED) is 0.861. The average molecular weight is 288 g/mol. The second-order valence-electron chi connectivity index (χ2n) is 5.53. The van der Waals surface area contributed by atoms with Crippen molar-refractivity contribution in [2.75, 3.05) is 25.9 Å². The zero-order valence-corrected chi connectivity index (χ0v) is 12.5. The SMILES string of the molecule is CN1CCC(N2C=CC=CC2c2cnc(N)nc2)CC1.N. The maximum atomic E-state index is 5.58.